The molecule has 2 rings (SSSR count). The molecule has 0 spiro atoms. The van der Waals surface area contributed by atoms with Gasteiger partial charge < -0.3 is 10.1 Å². The van der Waals surface area contributed by atoms with Gasteiger partial charge >= 0.3 is 0 Å². The van der Waals surface area contributed by atoms with Gasteiger partial charge in [-0.15, -0.1) is 0 Å². The summed E-state index contributed by atoms with van der Waals surface area (Å²) in [6, 6.07) is 10.8. The van der Waals surface area contributed by atoms with Crippen LogP contribution in [0.25, 0.3) is 0 Å². The molecule has 20 heavy (non-hydrogen) atoms. The number of rotatable bonds is 5. The zero-order valence-corrected chi connectivity index (χ0v) is 11.5. The lowest BCUT2D eigenvalue weighted by Gasteiger charge is -2.18. The van der Waals surface area contributed by atoms with E-state index >= 15 is 0 Å². The summed E-state index contributed by atoms with van der Waals surface area (Å²) in [5, 5.41) is 3.21. The summed E-state index contributed by atoms with van der Waals surface area (Å²) >= 11 is 0. The van der Waals surface area contributed by atoms with Crippen molar-refractivity contribution in [2.45, 2.75) is 19.5 Å². The van der Waals surface area contributed by atoms with E-state index in [0.717, 1.165) is 5.56 Å². The molecule has 0 saturated heterocycles. The molecule has 0 saturated carbocycles. The lowest BCUT2D eigenvalue weighted by molar-refractivity contribution is 0.393. The van der Waals surface area contributed by atoms with Gasteiger partial charge in [0.1, 0.15) is 17.4 Å². The molecule has 0 radical (unpaired) electrons. The van der Waals surface area contributed by atoms with E-state index in [-0.39, 0.29) is 17.7 Å². The highest BCUT2D eigenvalue weighted by Crippen LogP contribution is 2.27. The molecule has 2 aromatic carbocycles. The van der Waals surface area contributed by atoms with E-state index in [1.54, 1.807) is 24.3 Å². The van der Waals surface area contributed by atoms with Crippen LogP contribution in [0.5, 0.6) is 5.75 Å². The summed E-state index contributed by atoms with van der Waals surface area (Å²) in [6.07, 6.45) is 0. The number of ether oxygens (including phenoxy) is 1. The van der Waals surface area contributed by atoms with Crippen molar-refractivity contribution in [1.82, 2.24) is 5.32 Å². The van der Waals surface area contributed by atoms with Crippen molar-refractivity contribution in [3.05, 3.63) is 65.2 Å². The molecule has 0 aromatic heterocycles. The summed E-state index contributed by atoms with van der Waals surface area (Å²) in [4.78, 5) is 0. The maximum Gasteiger partial charge on any atom is 0.131 e. The molecule has 4 heteroatoms. The quantitative estimate of drug-likeness (QED) is 0.897. The van der Waals surface area contributed by atoms with Crippen molar-refractivity contribution in [3.63, 3.8) is 0 Å². The van der Waals surface area contributed by atoms with Gasteiger partial charge in [0.2, 0.25) is 0 Å². The second kappa shape index (κ2) is 6.48. The van der Waals surface area contributed by atoms with Gasteiger partial charge in [-0.05, 0) is 36.8 Å². The topological polar surface area (TPSA) is 21.3 Å². The van der Waals surface area contributed by atoms with E-state index in [4.69, 9.17) is 4.74 Å². The first kappa shape index (κ1) is 14.5. The molecule has 106 valence electrons. The second-order valence-corrected chi connectivity index (χ2v) is 4.58. The lowest BCUT2D eigenvalue weighted by atomic mass is 10.1. The Hall–Kier alpha value is -1.94. The molecule has 0 aliphatic heterocycles. The monoisotopic (exact) mass is 277 g/mol. The average Bonchev–Trinajstić information content (AvgIpc) is 2.46. The minimum absolute atomic E-state index is 0.212. The fraction of sp³-hybridized carbons (Fsp3) is 0.250. The molecular formula is C16H17F2NO. The fourth-order valence-electron chi connectivity index (χ4n) is 2.09. The van der Waals surface area contributed by atoms with Gasteiger partial charge in [0.15, 0.2) is 0 Å². The first-order valence-electron chi connectivity index (χ1n) is 6.42. The van der Waals surface area contributed by atoms with Crippen LogP contribution in [0.2, 0.25) is 0 Å². The Balaban J connectivity index is 2.08. The number of nitrogens with one attached hydrogen (secondary N) is 1. The largest absolute Gasteiger partial charge is 0.496 e. The standard InChI is InChI=1S/C16H17F2NO/c1-11(16-14(18)4-3-5-15(16)20-2)19-10-12-6-8-13(17)9-7-12/h3-9,11,19H,10H2,1-2H3. The highest BCUT2D eigenvalue weighted by molar-refractivity contribution is 5.37. The second-order valence-electron chi connectivity index (χ2n) is 4.58. The number of methoxy groups -OCH3 is 1. The summed E-state index contributed by atoms with van der Waals surface area (Å²) in [5.41, 5.74) is 1.44. The predicted molar refractivity (Wildman–Crippen MR) is 74.6 cm³/mol. The van der Waals surface area contributed by atoms with Crippen molar-refractivity contribution in [2.75, 3.05) is 7.11 Å². The van der Waals surface area contributed by atoms with Crippen molar-refractivity contribution >= 4 is 0 Å². The summed E-state index contributed by atoms with van der Waals surface area (Å²) in [7, 11) is 1.52. The number of benzene rings is 2. The summed E-state index contributed by atoms with van der Waals surface area (Å²) < 4.78 is 31.9. The molecule has 2 nitrogen and oxygen atoms in total. The van der Waals surface area contributed by atoms with E-state index in [1.807, 2.05) is 6.92 Å². The van der Waals surface area contributed by atoms with Crippen LogP contribution in [-0.4, -0.2) is 7.11 Å². The summed E-state index contributed by atoms with van der Waals surface area (Å²) in [5.74, 6) is -0.0508. The maximum atomic E-state index is 13.9. The van der Waals surface area contributed by atoms with Gasteiger partial charge in [-0.2, -0.15) is 0 Å². The Morgan fingerprint density at radius 2 is 1.80 bits per heavy atom. The fourth-order valence-corrected chi connectivity index (χ4v) is 2.09. The van der Waals surface area contributed by atoms with Crippen molar-refractivity contribution in [2.24, 2.45) is 0 Å². The van der Waals surface area contributed by atoms with Crippen molar-refractivity contribution in [3.8, 4) is 5.75 Å². The Morgan fingerprint density at radius 3 is 2.45 bits per heavy atom. The number of hydrogen-bond donors (Lipinski definition) is 1. The van der Waals surface area contributed by atoms with E-state index < -0.39 is 0 Å². The minimum Gasteiger partial charge on any atom is -0.496 e. The molecular weight excluding hydrogens is 260 g/mol. The van der Waals surface area contributed by atoms with Crippen LogP contribution in [0, 0.1) is 11.6 Å². The van der Waals surface area contributed by atoms with Crippen LogP contribution in [0.3, 0.4) is 0 Å². The maximum absolute atomic E-state index is 13.9. The minimum atomic E-state index is -0.302. The van der Waals surface area contributed by atoms with E-state index in [2.05, 4.69) is 5.32 Å². The van der Waals surface area contributed by atoms with Crippen LogP contribution < -0.4 is 10.1 Å². The Morgan fingerprint density at radius 1 is 1.10 bits per heavy atom. The van der Waals surface area contributed by atoms with Crippen LogP contribution in [0.15, 0.2) is 42.5 Å². The zero-order valence-electron chi connectivity index (χ0n) is 11.5. The van der Waals surface area contributed by atoms with Crippen LogP contribution in [-0.2, 0) is 6.54 Å². The van der Waals surface area contributed by atoms with Crippen LogP contribution in [0.1, 0.15) is 24.1 Å². The Kier molecular flexibility index (Phi) is 4.69. The first-order valence-corrected chi connectivity index (χ1v) is 6.42. The lowest BCUT2D eigenvalue weighted by Crippen LogP contribution is -2.19. The molecule has 0 aliphatic rings. The van der Waals surface area contributed by atoms with Crippen molar-refractivity contribution < 1.29 is 13.5 Å². The highest BCUT2D eigenvalue weighted by Gasteiger charge is 2.15. The Bertz CT molecular complexity index is 569. The molecule has 1 atom stereocenters. The molecule has 0 fully saturated rings. The van der Waals surface area contributed by atoms with E-state index in [1.165, 1.54) is 25.3 Å². The van der Waals surface area contributed by atoms with Gasteiger partial charge in [-0.25, -0.2) is 8.78 Å². The Labute approximate surface area is 117 Å². The van der Waals surface area contributed by atoms with Crippen LogP contribution in [0.4, 0.5) is 8.78 Å². The SMILES string of the molecule is COc1cccc(F)c1C(C)NCc1ccc(F)cc1. The van der Waals surface area contributed by atoms with E-state index in [9.17, 15) is 8.78 Å². The summed E-state index contributed by atoms with van der Waals surface area (Å²) in [6.45, 7) is 2.39. The van der Waals surface area contributed by atoms with E-state index in [0.29, 0.717) is 17.9 Å². The third-order valence-corrected chi connectivity index (χ3v) is 3.19. The molecule has 1 N–H and O–H groups in total. The molecule has 2 aromatic rings. The number of halogens is 2. The average molecular weight is 277 g/mol. The van der Waals surface area contributed by atoms with Gasteiger partial charge in [-0.3, -0.25) is 0 Å². The highest BCUT2D eigenvalue weighted by atomic mass is 19.1. The van der Waals surface area contributed by atoms with Crippen molar-refractivity contribution in [1.29, 1.82) is 0 Å². The normalized spacial score (nSPS) is 12.2. The van der Waals surface area contributed by atoms with Gasteiger partial charge in [-0.1, -0.05) is 18.2 Å². The first-order chi connectivity index (χ1) is 9.61. The molecule has 0 aliphatic carbocycles. The predicted octanol–water partition coefficient (Wildman–Crippen LogP) is 3.82. The third kappa shape index (κ3) is 3.33. The molecule has 0 heterocycles. The smallest absolute Gasteiger partial charge is 0.131 e. The van der Waals surface area contributed by atoms with Gasteiger partial charge in [0.05, 0.1) is 7.11 Å². The van der Waals surface area contributed by atoms with Gasteiger partial charge in [0.25, 0.3) is 0 Å². The zero-order chi connectivity index (χ0) is 14.5. The molecule has 1 unspecified atom stereocenters. The third-order valence-electron chi connectivity index (χ3n) is 3.19. The molecule has 0 amide bonds. The van der Waals surface area contributed by atoms with Gasteiger partial charge in [0, 0.05) is 18.2 Å². The van der Waals surface area contributed by atoms with Crippen LogP contribution >= 0.6 is 0 Å². The molecule has 0 bridgehead atoms. The number of hydrogen-bond acceptors (Lipinski definition) is 2.